The summed E-state index contributed by atoms with van der Waals surface area (Å²) in [6.45, 7) is 4.86. The number of nitrogens with one attached hydrogen (secondary N) is 2. The smallest absolute Gasteiger partial charge is 0.317 e. The van der Waals surface area contributed by atoms with E-state index < -0.39 is 0 Å². The Hall–Kier alpha value is -2.31. The van der Waals surface area contributed by atoms with E-state index in [1.165, 1.54) is 13.0 Å². The number of rotatable bonds is 7. The maximum absolute atomic E-state index is 13.7. The summed E-state index contributed by atoms with van der Waals surface area (Å²) < 4.78 is 13.7. The molecule has 3 amide bonds. The van der Waals surface area contributed by atoms with Gasteiger partial charge in [-0.25, -0.2) is 9.18 Å². The lowest BCUT2D eigenvalue weighted by Crippen LogP contribution is -2.46. The molecule has 0 unspecified atom stereocenters. The van der Waals surface area contributed by atoms with E-state index in [1.807, 2.05) is 22.9 Å². The molecule has 1 aliphatic heterocycles. The Morgan fingerprint density at radius 3 is 2.58 bits per heavy atom. The zero-order valence-corrected chi connectivity index (χ0v) is 15.6. The van der Waals surface area contributed by atoms with Gasteiger partial charge in [0.25, 0.3) is 0 Å². The van der Waals surface area contributed by atoms with E-state index in [2.05, 4.69) is 10.6 Å². The summed E-state index contributed by atoms with van der Waals surface area (Å²) in [5, 5.41) is 5.78. The van der Waals surface area contributed by atoms with Crippen molar-refractivity contribution < 1.29 is 14.0 Å². The van der Waals surface area contributed by atoms with Gasteiger partial charge < -0.3 is 20.4 Å². The largest absolute Gasteiger partial charge is 0.372 e. The Morgan fingerprint density at radius 1 is 1.23 bits per heavy atom. The first-order valence-corrected chi connectivity index (χ1v) is 9.20. The maximum atomic E-state index is 13.7. The van der Waals surface area contributed by atoms with Crippen LogP contribution in [0.5, 0.6) is 0 Å². The number of halogens is 1. The van der Waals surface area contributed by atoms with E-state index in [9.17, 15) is 14.0 Å². The maximum Gasteiger partial charge on any atom is 0.317 e. The number of hydrogen-bond acceptors (Lipinski definition) is 3. The fourth-order valence-electron chi connectivity index (χ4n) is 3.13. The van der Waals surface area contributed by atoms with Crippen molar-refractivity contribution in [1.29, 1.82) is 0 Å². The van der Waals surface area contributed by atoms with Gasteiger partial charge in [-0.3, -0.25) is 4.79 Å². The summed E-state index contributed by atoms with van der Waals surface area (Å²) in [4.78, 5) is 26.8. The average Bonchev–Trinajstić information content (AvgIpc) is 2.64. The Balaban J connectivity index is 1.62. The molecule has 0 spiro atoms. The lowest BCUT2D eigenvalue weighted by Gasteiger charge is -2.32. The monoisotopic (exact) mass is 364 g/mol. The van der Waals surface area contributed by atoms with Crippen molar-refractivity contribution in [2.75, 3.05) is 44.7 Å². The number of piperidine rings is 1. The van der Waals surface area contributed by atoms with Crippen LogP contribution in [-0.2, 0) is 4.79 Å². The quantitative estimate of drug-likeness (QED) is 0.729. The summed E-state index contributed by atoms with van der Waals surface area (Å²) in [6, 6.07) is 6.64. The summed E-state index contributed by atoms with van der Waals surface area (Å²) >= 11 is 0. The van der Waals surface area contributed by atoms with Crippen LogP contribution in [0.2, 0.25) is 0 Å². The van der Waals surface area contributed by atoms with Crippen LogP contribution < -0.4 is 15.5 Å². The zero-order valence-electron chi connectivity index (χ0n) is 15.6. The fraction of sp³-hybridized carbons (Fsp3) is 0.579. The molecule has 1 aliphatic rings. The van der Waals surface area contributed by atoms with Crippen LogP contribution in [0, 0.1) is 11.7 Å². The van der Waals surface area contributed by atoms with E-state index >= 15 is 0 Å². The van der Waals surface area contributed by atoms with E-state index in [4.69, 9.17) is 0 Å². The number of para-hydroxylation sites is 1. The van der Waals surface area contributed by atoms with Gasteiger partial charge in [-0.2, -0.15) is 0 Å². The number of carbonyl (C=O) groups excluding carboxylic acids is 2. The molecule has 6 nitrogen and oxygen atoms in total. The van der Waals surface area contributed by atoms with Crippen LogP contribution in [0.1, 0.15) is 26.2 Å². The predicted octanol–water partition coefficient (Wildman–Crippen LogP) is 2.21. The van der Waals surface area contributed by atoms with Crippen LogP contribution in [0.4, 0.5) is 14.9 Å². The molecule has 1 aromatic carbocycles. The average molecular weight is 364 g/mol. The van der Waals surface area contributed by atoms with Crippen LogP contribution >= 0.6 is 0 Å². The third-order valence-corrected chi connectivity index (χ3v) is 4.75. The second-order valence-corrected chi connectivity index (χ2v) is 6.83. The van der Waals surface area contributed by atoms with Crippen LogP contribution in [0.15, 0.2) is 24.3 Å². The number of nitrogens with zero attached hydrogens (tertiary/aromatic N) is 2. The minimum absolute atomic E-state index is 0.00877. The first-order chi connectivity index (χ1) is 12.5. The van der Waals surface area contributed by atoms with Crippen LogP contribution in [0.25, 0.3) is 0 Å². The summed E-state index contributed by atoms with van der Waals surface area (Å²) in [5.41, 5.74) is 0.570. The van der Waals surface area contributed by atoms with Crippen molar-refractivity contribution in [3.8, 4) is 0 Å². The highest BCUT2D eigenvalue weighted by Gasteiger charge is 2.22. The number of carbonyl (C=O) groups is 2. The fourth-order valence-corrected chi connectivity index (χ4v) is 3.13. The van der Waals surface area contributed by atoms with Gasteiger partial charge in [0, 0.05) is 46.7 Å². The van der Waals surface area contributed by atoms with E-state index in [0.717, 1.165) is 19.3 Å². The Kier molecular flexibility index (Phi) is 7.69. The molecule has 26 heavy (non-hydrogen) atoms. The topological polar surface area (TPSA) is 64.7 Å². The lowest BCUT2D eigenvalue weighted by molar-refractivity contribution is -0.119. The molecule has 0 radical (unpaired) electrons. The van der Waals surface area contributed by atoms with Crippen LogP contribution in [0.3, 0.4) is 0 Å². The number of hydrogen-bond donors (Lipinski definition) is 2. The summed E-state index contributed by atoms with van der Waals surface area (Å²) in [6.07, 6.45) is 2.56. The normalized spacial score (nSPS) is 14.8. The standard InChI is InChI=1S/C19H29FN4O2/c1-15(25)22-14-16-8-12-24(13-9-16)19(26)21-10-5-11-23(2)18-7-4-3-6-17(18)20/h3-4,6-7,16H,5,8-14H2,1-2H3,(H,21,26)(H,22,25). The molecule has 1 heterocycles. The molecule has 0 bridgehead atoms. The van der Waals surface area contributed by atoms with Crippen molar-refractivity contribution >= 4 is 17.6 Å². The van der Waals surface area contributed by atoms with Gasteiger partial charge in [-0.15, -0.1) is 0 Å². The van der Waals surface area contributed by atoms with Gasteiger partial charge in [0.1, 0.15) is 5.82 Å². The molecule has 144 valence electrons. The molecule has 0 aromatic heterocycles. The molecule has 1 aromatic rings. The number of anilines is 1. The highest BCUT2D eigenvalue weighted by atomic mass is 19.1. The highest BCUT2D eigenvalue weighted by molar-refractivity contribution is 5.74. The molecule has 1 saturated heterocycles. The summed E-state index contributed by atoms with van der Waals surface area (Å²) in [7, 11) is 1.85. The third kappa shape index (κ3) is 6.20. The molecular formula is C19H29FN4O2. The predicted molar refractivity (Wildman–Crippen MR) is 101 cm³/mol. The number of urea groups is 1. The van der Waals surface area contributed by atoms with Gasteiger partial charge in [0.05, 0.1) is 5.69 Å². The first-order valence-electron chi connectivity index (χ1n) is 9.20. The van der Waals surface area contributed by atoms with Gasteiger partial charge in [-0.1, -0.05) is 12.1 Å². The van der Waals surface area contributed by atoms with E-state index in [-0.39, 0.29) is 17.8 Å². The van der Waals surface area contributed by atoms with Gasteiger partial charge in [-0.05, 0) is 37.3 Å². The molecule has 0 atom stereocenters. The molecule has 7 heteroatoms. The molecular weight excluding hydrogens is 335 g/mol. The molecule has 0 saturated carbocycles. The van der Waals surface area contributed by atoms with Crippen molar-refractivity contribution in [3.05, 3.63) is 30.1 Å². The molecule has 1 fully saturated rings. The van der Waals surface area contributed by atoms with Crippen LogP contribution in [-0.4, -0.2) is 56.6 Å². The van der Waals surface area contributed by atoms with E-state index in [0.29, 0.717) is 44.3 Å². The Bertz CT molecular complexity index is 603. The zero-order chi connectivity index (χ0) is 18.9. The second-order valence-electron chi connectivity index (χ2n) is 6.83. The second kappa shape index (κ2) is 9.99. The Labute approximate surface area is 154 Å². The minimum Gasteiger partial charge on any atom is -0.372 e. The van der Waals surface area contributed by atoms with Crippen molar-refractivity contribution in [3.63, 3.8) is 0 Å². The minimum atomic E-state index is -0.235. The summed E-state index contributed by atoms with van der Waals surface area (Å²) in [5.74, 6) is 0.198. The van der Waals surface area contributed by atoms with Gasteiger partial charge in [0.2, 0.25) is 5.91 Å². The molecule has 2 N–H and O–H groups in total. The number of benzene rings is 1. The highest BCUT2D eigenvalue weighted by Crippen LogP contribution is 2.17. The van der Waals surface area contributed by atoms with Crippen molar-refractivity contribution in [2.24, 2.45) is 5.92 Å². The number of likely N-dealkylation sites (tertiary alicyclic amines) is 1. The third-order valence-electron chi connectivity index (χ3n) is 4.75. The Morgan fingerprint density at radius 2 is 1.92 bits per heavy atom. The van der Waals surface area contributed by atoms with Gasteiger partial charge in [0.15, 0.2) is 0 Å². The lowest BCUT2D eigenvalue weighted by atomic mass is 9.97. The first kappa shape index (κ1) is 20.0. The molecule has 0 aliphatic carbocycles. The number of amides is 3. The SMILES string of the molecule is CC(=O)NCC1CCN(C(=O)NCCCN(C)c2ccccc2F)CC1. The van der Waals surface area contributed by atoms with Crippen molar-refractivity contribution in [1.82, 2.24) is 15.5 Å². The van der Waals surface area contributed by atoms with Gasteiger partial charge >= 0.3 is 6.03 Å². The van der Waals surface area contributed by atoms with E-state index in [1.54, 1.807) is 12.1 Å². The van der Waals surface area contributed by atoms with Crippen molar-refractivity contribution in [2.45, 2.75) is 26.2 Å². The molecule has 2 rings (SSSR count).